The molecule has 1 spiro atoms. The van der Waals surface area contributed by atoms with Gasteiger partial charge in [0.25, 0.3) is 0 Å². The van der Waals surface area contributed by atoms with Gasteiger partial charge in [-0.25, -0.2) is 4.39 Å². The van der Waals surface area contributed by atoms with Gasteiger partial charge in [-0.2, -0.15) is 0 Å². The predicted molar refractivity (Wildman–Crippen MR) is 71.2 cm³/mol. The Morgan fingerprint density at radius 3 is 2.58 bits per heavy atom. The number of carbonyl (C=O) groups excluding carboxylic acids is 1. The summed E-state index contributed by atoms with van der Waals surface area (Å²) in [6.45, 7) is 5.22. The van der Waals surface area contributed by atoms with Gasteiger partial charge in [0, 0.05) is 45.1 Å². The second kappa shape index (κ2) is 4.20. The zero-order valence-electron chi connectivity index (χ0n) is 11.0. The minimum Gasteiger partial charge on any atom is -0.368 e. The molecule has 2 heterocycles. The maximum Gasteiger partial charge on any atom is 0.219 e. The summed E-state index contributed by atoms with van der Waals surface area (Å²) in [6.07, 6.45) is 0. The minimum atomic E-state index is -0.208. The first-order chi connectivity index (χ1) is 9.03. The third-order valence-corrected chi connectivity index (χ3v) is 4.14. The molecule has 102 valence electrons. The van der Waals surface area contributed by atoms with E-state index in [1.807, 2.05) is 15.9 Å². The van der Waals surface area contributed by atoms with Crippen LogP contribution < -0.4 is 10.6 Å². The SMILES string of the molecule is CC(=O)N1CC2(C1)CN(c1ccc(CN)cc1F)C2. The molecule has 0 saturated carbocycles. The van der Waals surface area contributed by atoms with Crippen molar-refractivity contribution in [3.63, 3.8) is 0 Å². The van der Waals surface area contributed by atoms with Crippen LogP contribution in [0.1, 0.15) is 12.5 Å². The van der Waals surface area contributed by atoms with Crippen LogP contribution in [0.2, 0.25) is 0 Å². The Bertz CT molecular complexity index is 517. The smallest absolute Gasteiger partial charge is 0.219 e. The van der Waals surface area contributed by atoms with E-state index in [-0.39, 0.29) is 17.1 Å². The van der Waals surface area contributed by atoms with E-state index in [9.17, 15) is 9.18 Å². The molecule has 4 nitrogen and oxygen atoms in total. The van der Waals surface area contributed by atoms with Crippen LogP contribution >= 0.6 is 0 Å². The van der Waals surface area contributed by atoms with Gasteiger partial charge in [-0.15, -0.1) is 0 Å². The van der Waals surface area contributed by atoms with Crippen molar-refractivity contribution in [2.45, 2.75) is 13.5 Å². The first-order valence-electron chi connectivity index (χ1n) is 6.52. The van der Waals surface area contributed by atoms with Gasteiger partial charge in [-0.3, -0.25) is 4.79 Å². The van der Waals surface area contributed by atoms with E-state index in [2.05, 4.69) is 0 Å². The Hall–Kier alpha value is -1.62. The Balaban J connectivity index is 1.64. The zero-order chi connectivity index (χ0) is 13.6. The number of hydrogen-bond donors (Lipinski definition) is 1. The molecule has 2 fully saturated rings. The van der Waals surface area contributed by atoms with Crippen LogP contribution in [-0.4, -0.2) is 37.0 Å². The summed E-state index contributed by atoms with van der Waals surface area (Å²) in [6, 6.07) is 5.17. The Morgan fingerprint density at radius 2 is 2.05 bits per heavy atom. The Kier molecular flexibility index (Phi) is 2.74. The fraction of sp³-hybridized carbons (Fsp3) is 0.500. The van der Waals surface area contributed by atoms with Crippen molar-refractivity contribution in [3.05, 3.63) is 29.6 Å². The topological polar surface area (TPSA) is 49.6 Å². The van der Waals surface area contributed by atoms with Crippen LogP contribution in [0, 0.1) is 11.2 Å². The highest BCUT2D eigenvalue weighted by atomic mass is 19.1. The molecule has 0 atom stereocenters. The van der Waals surface area contributed by atoms with Gasteiger partial charge in [-0.1, -0.05) is 6.07 Å². The lowest BCUT2D eigenvalue weighted by molar-refractivity contribution is -0.142. The standard InChI is InChI=1S/C14H18FN3O/c1-10(19)17-6-14(7-17)8-18(9-14)13-3-2-11(5-16)4-12(13)15/h2-4H,5-9,16H2,1H3. The lowest BCUT2D eigenvalue weighted by Crippen LogP contribution is -2.73. The molecular weight excluding hydrogens is 245 g/mol. The van der Waals surface area contributed by atoms with Crippen molar-refractivity contribution in [1.82, 2.24) is 4.90 Å². The number of anilines is 1. The van der Waals surface area contributed by atoms with Crippen molar-refractivity contribution in [1.29, 1.82) is 0 Å². The number of nitrogens with two attached hydrogens (primary N) is 1. The lowest BCUT2D eigenvalue weighted by atomic mass is 9.72. The fourth-order valence-electron chi connectivity index (χ4n) is 3.05. The van der Waals surface area contributed by atoms with E-state index in [1.54, 1.807) is 13.0 Å². The molecule has 3 rings (SSSR count). The molecule has 0 unspecified atom stereocenters. The molecule has 2 saturated heterocycles. The van der Waals surface area contributed by atoms with Gasteiger partial charge in [0.15, 0.2) is 0 Å². The number of nitrogens with zero attached hydrogens (tertiary/aromatic N) is 2. The highest BCUT2D eigenvalue weighted by Gasteiger charge is 2.52. The number of halogens is 1. The molecule has 0 aromatic heterocycles. The van der Waals surface area contributed by atoms with Crippen LogP contribution in [0.3, 0.4) is 0 Å². The van der Waals surface area contributed by atoms with Crippen LogP contribution in [0.4, 0.5) is 10.1 Å². The summed E-state index contributed by atoms with van der Waals surface area (Å²) >= 11 is 0. The number of carbonyl (C=O) groups is 1. The van der Waals surface area contributed by atoms with Crippen molar-refractivity contribution < 1.29 is 9.18 Å². The summed E-state index contributed by atoms with van der Waals surface area (Å²) < 4.78 is 13.9. The van der Waals surface area contributed by atoms with Crippen LogP contribution in [0.5, 0.6) is 0 Å². The molecular formula is C14H18FN3O. The first-order valence-corrected chi connectivity index (χ1v) is 6.52. The van der Waals surface area contributed by atoms with Crippen LogP contribution in [-0.2, 0) is 11.3 Å². The number of likely N-dealkylation sites (tertiary alicyclic amines) is 1. The molecule has 2 N–H and O–H groups in total. The number of rotatable bonds is 2. The molecule has 0 bridgehead atoms. The van der Waals surface area contributed by atoms with E-state index in [0.29, 0.717) is 12.2 Å². The Labute approximate surface area is 112 Å². The summed E-state index contributed by atoms with van der Waals surface area (Å²) in [4.78, 5) is 15.0. The van der Waals surface area contributed by atoms with Crippen molar-refractivity contribution in [2.24, 2.45) is 11.1 Å². The van der Waals surface area contributed by atoms with Gasteiger partial charge >= 0.3 is 0 Å². The molecule has 1 aromatic rings. The van der Waals surface area contributed by atoms with Crippen molar-refractivity contribution in [3.8, 4) is 0 Å². The van der Waals surface area contributed by atoms with Crippen LogP contribution in [0.15, 0.2) is 18.2 Å². The molecule has 1 aromatic carbocycles. The van der Waals surface area contributed by atoms with E-state index in [0.717, 1.165) is 31.7 Å². The average molecular weight is 263 g/mol. The van der Waals surface area contributed by atoms with E-state index in [1.165, 1.54) is 6.07 Å². The summed E-state index contributed by atoms with van der Waals surface area (Å²) in [7, 11) is 0. The molecule has 1 amide bonds. The van der Waals surface area contributed by atoms with Gasteiger partial charge in [0.05, 0.1) is 5.69 Å². The summed E-state index contributed by atoms with van der Waals surface area (Å²) in [5, 5.41) is 0. The van der Waals surface area contributed by atoms with E-state index in [4.69, 9.17) is 5.73 Å². The fourth-order valence-corrected chi connectivity index (χ4v) is 3.05. The molecule has 2 aliphatic heterocycles. The van der Waals surface area contributed by atoms with Gasteiger partial charge in [0.2, 0.25) is 5.91 Å². The molecule has 0 radical (unpaired) electrons. The monoisotopic (exact) mass is 263 g/mol. The van der Waals surface area contributed by atoms with Gasteiger partial charge in [0.1, 0.15) is 5.82 Å². The number of hydrogen-bond acceptors (Lipinski definition) is 3. The largest absolute Gasteiger partial charge is 0.368 e. The average Bonchev–Trinajstić information content (AvgIpc) is 2.26. The first kappa shape index (κ1) is 12.4. The summed E-state index contributed by atoms with van der Waals surface area (Å²) in [5.74, 6) is -0.0805. The second-order valence-electron chi connectivity index (χ2n) is 5.72. The third kappa shape index (κ3) is 1.98. The van der Waals surface area contributed by atoms with E-state index >= 15 is 0 Å². The zero-order valence-corrected chi connectivity index (χ0v) is 11.0. The molecule has 19 heavy (non-hydrogen) atoms. The highest BCUT2D eigenvalue weighted by Crippen LogP contribution is 2.42. The third-order valence-electron chi connectivity index (χ3n) is 4.14. The minimum absolute atomic E-state index is 0.127. The van der Waals surface area contributed by atoms with Gasteiger partial charge in [-0.05, 0) is 17.7 Å². The predicted octanol–water partition coefficient (Wildman–Crippen LogP) is 0.953. The second-order valence-corrected chi connectivity index (χ2v) is 5.72. The quantitative estimate of drug-likeness (QED) is 0.864. The maximum atomic E-state index is 13.9. The molecule has 2 aliphatic rings. The number of amides is 1. The normalized spacial score (nSPS) is 20.2. The maximum absolute atomic E-state index is 13.9. The number of benzene rings is 1. The van der Waals surface area contributed by atoms with Crippen LogP contribution in [0.25, 0.3) is 0 Å². The lowest BCUT2D eigenvalue weighted by Gasteiger charge is -2.60. The molecule has 0 aliphatic carbocycles. The molecule has 5 heteroatoms. The van der Waals surface area contributed by atoms with E-state index < -0.39 is 0 Å². The van der Waals surface area contributed by atoms with Crippen molar-refractivity contribution >= 4 is 11.6 Å². The Morgan fingerprint density at radius 1 is 1.37 bits per heavy atom. The highest BCUT2D eigenvalue weighted by molar-refractivity contribution is 5.74. The van der Waals surface area contributed by atoms with Gasteiger partial charge < -0.3 is 15.5 Å². The van der Waals surface area contributed by atoms with Crippen molar-refractivity contribution in [2.75, 3.05) is 31.1 Å². The summed E-state index contributed by atoms with van der Waals surface area (Å²) in [5.41, 5.74) is 7.14.